The molecule has 0 amide bonds. The molecule has 0 saturated heterocycles. The summed E-state index contributed by atoms with van der Waals surface area (Å²) in [5, 5.41) is 3.21. The smallest absolute Gasteiger partial charge is 0.128 e. The van der Waals surface area contributed by atoms with Gasteiger partial charge in [0.1, 0.15) is 5.82 Å². The maximum Gasteiger partial charge on any atom is 0.128 e. The van der Waals surface area contributed by atoms with E-state index in [-0.39, 0.29) is 0 Å². The molecule has 3 heteroatoms. The van der Waals surface area contributed by atoms with Crippen LogP contribution in [0.3, 0.4) is 0 Å². The Bertz CT molecular complexity index is 345. The van der Waals surface area contributed by atoms with Gasteiger partial charge in [0.05, 0.1) is 0 Å². The van der Waals surface area contributed by atoms with Crippen LogP contribution in [0, 0.1) is 12.8 Å². The molecule has 1 saturated carbocycles. The molecule has 0 aliphatic heterocycles. The minimum absolute atomic E-state index is 0.333. The highest BCUT2D eigenvalue weighted by Gasteiger charge is 2.23. The molecule has 1 atom stereocenters. The molecule has 2 rings (SSSR count). The van der Waals surface area contributed by atoms with Crippen molar-refractivity contribution in [2.45, 2.75) is 39.2 Å². The van der Waals surface area contributed by atoms with Crippen molar-refractivity contribution in [3.8, 4) is 0 Å². The molecule has 1 aromatic rings. The highest BCUT2D eigenvalue weighted by atomic mass is 14.9. The average Bonchev–Trinajstić information content (AvgIpc) is 3.01. The lowest BCUT2D eigenvalue weighted by Crippen LogP contribution is -2.15. The highest BCUT2D eigenvalue weighted by molar-refractivity contribution is 5.20. The monoisotopic (exact) mass is 205 g/mol. The Morgan fingerprint density at radius 1 is 1.53 bits per heavy atom. The van der Waals surface area contributed by atoms with E-state index in [1.54, 1.807) is 0 Å². The molecular formula is C12H19N3. The summed E-state index contributed by atoms with van der Waals surface area (Å²) in [7, 11) is 1.96. The molecule has 0 aromatic carbocycles. The number of nitrogens with zero attached hydrogens (tertiary/aromatic N) is 2. The number of aromatic nitrogens is 2. The van der Waals surface area contributed by atoms with Crippen molar-refractivity contribution in [2.24, 2.45) is 5.92 Å². The van der Waals surface area contributed by atoms with Crippen LogP contribution in [0.5, 0.6) is 0 Å². The van der Waals surface area contributed by atoms with Crippen LogP contribution in [0.1, 0.15) is 42.9 Å². The molecule has 3 nitrogen and oxygen atoms in total. The van der Waals surface area contributed by atoms with E-state index in [0.29, 0.717) is 6.04 Å². The minimum atomic E-state index is 0.333. The van der Waals surface area contributed by atoms with Crippen molar-refractivity contribution in [1.29, 1.82) is 0 Å². The fourth-order valence-corrected chi connectivity index (χ4v) is 1.78. The summed E-state index contributed by atoms with van der Waals surface area (Å²) >= 11 is 0. The normalized spacial score (nSPS) is 17.8. The fraction of sp³-hybridized carbons (Fsp3) is 0.667. The van der Waals surface area contributed by atoms with Crippen LogP contribution in [0.2, 0.25) is 0 Å². The van der Waals surface area contributed by atoms with E-state index in [0.717, 1.165) is 23.9 Å². The van der Waals surface area contributed by atoms with E-state index in [9.17, 15) is 0 Å². The summed E-state index contributed by atoms with van der Waals surface area (Å²) in [6, 6.07) is 0.333. The molecule has 1 fully saturated rings. The average molecular weight is 205 g/mol. The zero-order valence-corrected chi connectivity index (χ0v) is 9.75. The predicted molar refractivity (Wildman–Crippen MR) is 60.7 cm³/mol. The molecule has 1 aromatic heterocycles. The molecule has 1 N–H and O–H groups in total. The second-order valence-corrected chi connectivity index (χ2v) is 4.48. The van der Waals surface area contributed by atoms with Crippen LogP contribution in [0.4, 0.5) is 0 Å². The maximum absolute atomic E-state index is 4.57. The topological polar surface area (TPSA) is 37.8 Å². The SMILES string of the molecule is CNC(C)c1cnc(CC2CC2)nc1C. The Balaban J connectivity index is 2.13. The first-order chi connectivity index (χ1) is 7.20. The number of aryl methyl sites for hydroxylation is 1. The van der Waals surface area contributed by atoms with Gasteiger partial charge in [-0.05, 0) is 39.7 Å². The molecule has 15 heavy (non-hydrogen) atoms. The fourth-order valence-electron chi connectivity index (χ4n) is 1.78. The van der Waals surface area contributed by atoms with E-state index in [1.807, 2.05) is 13.2 Å². The van der Waals surface area contributed by atoms with Gasteiger partial charge in [0.15, 0.2) is 0 Å². The van der Waals surface area contributed by atoms with Gasteiger partial charge < -0.3 is 5.32 Å². The van der Waals surface area contributed by atoms with Crippen LogP contribution in [-0.4, -0.2) is 17.0 Å². The van der Waals surface area contributed by atoms with E-state index in [2.05, 4.69) is 29.1 Å². The number of rotatable bonds is 4. The van der Waals surface area contributed by atoms with Gasteiger partial charge in [-0.3, -0.25) is 0 Å². The third-order valence-electron chi connectivity index (χ3n) is 3.13. The Morgan fingerprint density at radius 2 is 2.27 bits per heavy atom. The zero-order chi connectivity index (χ0) is 10.8. The van der Waals surface area contributed by atoms with E-state index in [4.69, 9.17) is 0 Å². The number of hydrogen-bond donors (Lipinski definition) is 1. The number of nitrogens with one attached hydrogen (secondary N) is 1. The Morgan fingerprint density at radius 3 is 2.80 bits per heavy atom. The van der Waals surface area contributed by atoms with Crippen molar-refractivity contribution in [3.05, 3.63) is 23.3 Å². The van der Waals surface area contributed by atoms with Gasteiger partial charge in [-0.1, -0.05) is 0 Å². The van der Waals surface area contributed by atoms with E-state index in [1.165, 1.54) is 18.4 Å². The van der Waals surface area contributed by atoms with Gasteiger partial charge in [0, 0.05) is 29.9 Å². The van der Waals surface area contributed by atoms with Gasteiger partial charge in [0.25, 0.3) is 0 Å². The van der Waals surface area contributed by atoms with Gasteiger partial charge in [0.2, 0.25) is 0 Å². The first kappa shape index (κ1) is 10.6. The van der Waals surface area contributed by atoms with Gasteiger partial charge in [-0.15, -0.1) is 0 Å². The van der Waals surface area contributed by atoms with Gasteiger partial charge >= 0.3 is 0 Å². The van der Waals surface area contributed by atoms with Crippen molar-refractivity contribution in [2.75, 3.05) is 7.05 Å². The summed E-state index contributed by atoms with van der Waals surface area (Å²) in [6.07, 6.45) is 5.75. The van der Waals surface area contributed by atoms with E-state index < -0.39 is 0 Å². The first-order valence-electron chi connectivity index (χ1n) is 5.70. The summed E-state index contributed by atoms with van der Waals surface area (Å²) in [5.74, 6) is 1.87. The molecule has 1 aliphatic rings. The van der Waals surface area contributed by atoms with Gasteiger partial charge in [-0.25, -0.2) is 9.97 Å². The second kappa shape index (κ2) is 4.27. The van der Waals surface area contributed by atoms with Crippen LogP contribution in [-0.2, 0) is 6.42 Å². The minimum Gasteiger partial charge on any atom is -0.313 e. The Kier molecular flexibility index (Phi) is 3.00. The Hall–Kier alpha value is -0.960. The van der Waals surface area contributed by atoms with Crippen molar-refractivity contribution in [3.63, 3.8) is 0 Å². The first-order valence-corrected chi connectivity index (χ1v) is 5.70. The molecule has 82 valence electrons. The van der Waals surface area contributed by atoms with Gasteiger partial charge in [-0.2, -0.15) is 0 Å². The summed E-state index contributed by atoms with van der Waals surface area (Å²) in [4.78, 5) is 9.01. The quantitative estimate of drug-likeness (QED) is 0.817. The molecule has 0 bridgehead atoms. The van der Waals surface area contributed by atoms with Crippen LogP contribution in [0.25, 0.3) is 0 Å². The lowest BCUT2D eigenvalue weighted by molar-refractivity contribution is 0.634. The molecule has 1 heterocycles. The highest BCUT2D eigenvalue weighted by Crippen LogP contribution is 2.31. The predicted octanol–water partition coefficient (Wildman–Crippen LogP) is 2.02. The van der Waals surface area contributed by atoms with Crippen molar-refractivity contribution in [1.82, 2.24) is 15.3 Å². The van der Waals surface area contributed by atoms with Crippen LogP contribution in [0.15, 0.2) is 6.20 Å². The standard InChI is InChI=1S/C12H19N3/c1-8(13-3)11-7-14-12(15-9(11)2)6-10-4-5-10/h7-8,10,13H,4-6H2,1-3H3. The van der Waals surface area contributed by atoms with Crippen molar-refractivity contribution >= 4 is 0 Å². The molecule has 1 unspecified atom stereocenters. The molecule has 0 radical (unpaired) electrons. The Labute approximate surface area is 91.3 Å². The third-order valence-corrected chi connectivity index (χ3v) is 3.13. The lowest BCUT2D eigenvalue weighted by Gasteiger charge is -2.13. The van der Waals surface area contributed by atoms with E-state index >= 15 is 0 Å². The zero-order valence-electron chi connectivity index (χ0n) is 9.75. The molecule has 0 spiro atoms. The molecular weight excluding hydrogens is 186 g/mol. The maximum atomic E-state index is 4.57. The summed E-state index contributed by atoms with van der Waals surface area (Å²) < 4.78 is 0. The summed E-state index contributed by atoms with van der Waals surface area (Å²) in [6.45, 7) is 4.20. The second-order valence-electron chi connectivity index (χ2n) is 4.48. The van der Waals surface area contributed by atoms with Crippen molar-refractivity contribution < 1.29 is 0 Å². The number of hydrogen-bond acceptors (Lipinski definition) is 3. The third kappa shape index (κ3) is 2.53. The largest absolute Gasteiger partial charge is 0.313 e. The van der Waals surface area contributed by atoms with Crippen LogP contribution < -0.4 is 5.32 Å². The lowest BCUT2D eigenvalue weighted by atomic mass is 10.1. The molecule has 1 aliphatic carbocycles. The summed E-state index contributed by atoms with van der Waals surface area (Å²) in [5.41, 5.74) is 2.32. The van der Waals surface area contributed by atoms with Crippen LogP contribution >= 0.6 is 0 Å².